The Morgan fingerprint density at radius 1 is 0.520 bits per heavy atom. The molecule has 75 heavy (non-hydrogen) atoms. The normalized spacial score (nSPS) is 10.6. The molecular formula is C51H105N5O19. The van der Waals surface area contributed by atoms with E-state index in [1.165, 1.54) is 6.42 Å². The van der Waals surface area contributed by atoms with Gasteiger partial charge in [-0.3, -0.25) is 28.9 Å². The highest BCUT2D eigenvalue weighted by molar-refractivity contribution is 6.14. The minimum Gasteiger partial charge on any atom is -0.382 e. The van der Waals surface area contributed by atoms with Gasteiger partial charge in [0, 0.05) is 38.6 Å². The number of carbonyl (C=O) groups is 7. The van der Waals surface area contributed by atoms with E-state index in [1.807, 2.05) is 55.5 Å². The number of aldehydes is 1. The number of likely N-dealkylation sites (N-methyl/N-ethyl adjacent to an activating group) is 1. The van der Waals surface area contributed by atoms with Crippen molar-refractivity contribution in [3.63, 3.8) is 0 Å². The van der Waals surface area contributed by atoms with E-state index in [4.69, 9.17) is 61.6 Å². The summed E-state index contributed by atoms with van der Waals surface area (Å²) < 4.78 is 64.1. The summed E-state index contributed by atoms with van der Waals surface area (Å²) in [6, 6.07) is 0. The zero-order valence-corrected chi connectivity index (χ0v) is 48.3. The van der Waals surface area contributed by atoms with Crippen LogP contribution in [0.5, 0.6) is 0 Å². The molecule has 0 saturated heterocycles. The fraction of sp³-hybridized carbons (Fsp3) is 0.824. The highest BCUT2D eigenvalue weighted by Gasteiger charge is 2.25. The van der Waals surface area contributed by atoms with Crippen LogP contribution in [0.4, 0.5) is 0 Å². The van der Waals surface area contributed by atoms with E-state index >= 15 is 0 Å². The molecule has 448 valence electrons. The minimum absolute atomic E-state index is 0.170. The minimum atomic E-state index is -0.554. The van der Waals surface area contributed by atoms with Crippen molar-refractivity contribution >= 4 is 42.1 Å². The summed E-state index contributed by atoms with van der Waals surface area (Å²) >= 11 is 0. The van der Waals surface area contributed by atoms with Crippen LogP contribution < -0.4 is 21.7 Å². The van der Waals surface area contributed by atoms with Crippen molar-refractivity contribution in [3.05, 3.63) is 12.2 Å². The first kappa shape index (κ1) is 85.0. The second kappa shape index (κ2) is 84.1. The summed E-state index contributed by atoms with van der Waals surface area (Å²) in [6.07, 6.45) is 5.59. The Morgan fingerprint density at radius 2 is 0.800 bits per heavy atom. The van der Waals surface area contributed by atoms with Gasteiger partial charge < -0.3 is 88.1 Å². The number of amides is 5. The Hall–Kier alpha value is -3.89. The summed E-state index contributed by atoms with van der Waals surface area (Å²) in [5.41, 5.74) is 4.17. The third-order valence-corrected chi connectivity index (χ3v) is 7.55. The fourth-order valence-corrected chi connectivity index (χ4v) is 4.05. The quantitative estimate of drug-likeness (QED) is 0.0387. The second-order valence-electron chi connectivity index (χ2n) is 13.3. The maximum atomic E-state index is 11.3. The number of ether oxygens (including phenoxy) is 12. The molecular weight excluding hydrogens is 987 g/mol. The number of hydrogen-bond acceptors (Lipinski definition) is 20. The first-order valence-corrected chi connectivity index (χ1v) is 26.2. The van der Waals surface area contributed by atoms with Gasteiger partial charge in [0.1, 0.15) is 18.6 Å². The van der Waals surface area contributed by atoms with E-state index in [-0.39, 0.29) is 31.2 Å². The van der Waals surface area contributed by atoms with Gasteiger partial charge in [0.25, 0.3) is 11.8 Å². The summed E-state index contributed by atoms with van der Waals surface area (Å²) in [4.78, 5) is 73.9. The van der Waals surface area contributed by atoms with Crippen LogP contribution in [-0.4, -0.2) is 239 Å². The van der Waals surface area contributed by atoms with Crippen LogP contribution in [0.25, 0.3) is 0 Å². The van der Waals surface area contributed by atoms with Crippen molar-refractivity contribution in [2.24, 2.45) is 5.73 Å². The molecule has 1 heterocycles. The number of imide groups is 1. The first-order valence-electron chi connectivity index (χ1n) is 26.2. The van der Waals surface area contributed by atoms with Crippen LogP contribution in [0.2, 0.25) is 0 Å². The standard InChI is InChI=1S/C26H52O13.C10H13N3O4.C4H11N.C4H8O.3C2H6.CH3NO/c1-28-5-6-30-9-10-32-13-14-34-17-18-36-21-22-38-25-26-39-24-23-37-20-19-35-16-15-33-12-11-31-8-7-29-4-2-3-27;1-2-11-7(14)5-12-8(15)6-13-9(16)3-4-10(13)17;1-3-4-5-2;1-3-4(2)5;3*1-2;2-1-3/h3H,2,4-26H2,1H3;3-4H,2,5-6H2,1H3,(H,11,14)(H,12,15);5H,3-4H2,1-2H3;3H2,1-2H3;3*1-2H3;1H,(H2,2,3). The Balaban J connectivity index is -0.000000208. The zero-order chi connectivity index (χ0) is 58.1. The van der Waals surface area contributed by atoms with E-state index in [0.717, 1.165) is 29.9 Å². The average molecular weight is 1090 g/mol. The van der Waals surface area contributed by atoms with Crippen molar-refractivity contribution in [1.82, 2.24) is 20.9 Å². The van der Waals surface area contributed by atoms with Gasteiger partial charge in [0.05, 0.1) is 159 Å². The number of nitrogens with two attached hydrogens (primary N) is 1. The predicted octanol–water partition coefficient (Wildman–Crippen LogP) is 2.35. The molecule has 24 nitrogen and oxygen atoms in total. The molecule has 1 rings (SSSR count). The maximum Gasteiger partial charge on any atom is 0.254 e. The molecule has 0 fully saturated rings. The van der Waals surface area contributed by atoms with Gasteiger partial charge in [0.2, 0.25) is 18.2 Å². The average Bonchev–Trinajstić information content (AvgIpc) is 3.74. The molecule has 1 aliphatic rings. The number of ketones is 1. The van der Waals surface area contributed by atoms with Crippen LogP contribution in [0.1, 0.15) is 88.5 Å². The second-order valence-corrected chi connectivity index (χ2v) is 13.3. The SMILES string of the molecule is CC.CC.CC.CCC(C)=O.CCCNC.CCNC(=O)CNC(=O)CN1C(=O)C=CC1=O.COCCOCCOCCOCCOCCOCCOCCOCCOCCOCCOCCOCCC=O.NC=O. The van der Waals surface area contributed by atoms with Gasteiger partial charge in [-0.15, -0.1) is 0 Å². The van der Waals surface area contributed by atoms with E-state index in [2.05, 4.69) is 28.6 Å². The Kier molecular flexibility index (Phi) is 95.3. The molecule has 1 aliphatic heterocycles. The molecule has 0 aromatic carbocycles. The lowest BCUT2D eigenvalue weighted by atomic mass is 10.4. The molecule has 0 atom stereocenters. The number of nitrogens with one attached hydrogen (secondary N) is 3. The monoisotopic (exact) mass is 1090 g/mol. The van der Waals surface area contributed by atoms with Crippen LogP contribution in [0.15, 0.2) is 12.2 Å². The molecule has 0 unspecified atom stereocenters. The van der Waals surface area contributed by atoms with Crippen molar-refractivity contribution in [1.29, 1.82) is 0 Å². The van der Waals surface area contributed by atoms with E-state index in [1.54, 1.807) is 21.0 Å². The van der Waals surface area contributed by atoms with Gasteiger partial charge in [-0.25, -0.2) is 0 Å². The smallest absolute Gasteiger partial charge is 0.254 e. The third kappa shape index (κ3) is 87.1. The first-order chi connectivity index (χ1) is 36.6. The number of carbonyl (C=O) groups excluding carboxylic acids is 7. The largest absolute Gasteiger partial charge is 0.382 e. The van der Waals surface area contributed by atoms with E-state index in [9.17, 15) is 28.8 Å². The van der Waals surface area contributed by atoms with Crippen molar-refractivity contribution < 1.29 is 90.4 Å². The zero-order valence-electron chi connectivity index (χ0n) is 48.3. The molecule has 0 bridgehead atoms. The molecule has 0 saturated carbocycles. The third-order valence-electron chi connectivity index (χ3n) is 7.55. The van der Waals surface area contributed by atoms with Crippen LogP contribution in [0, 0.1) is 0 Å². The molecule has 5 amide bonds. The van der Waals surface area contributed by atoms with Crippen molar-refractivity contribution in [2.45, 2.75) is 88.5 Å². The summed E-state index contributed by atoms with van der Waals surface area (Å²) in [6.45, 7) is 32.3. The number of methoxy groups -OCH3 is 1. The summed E-state index contributed by atoms with van der Waals surface area (Å²) in [7, 11) is 3.61. The van der Waals surface area contributed by atoms with Gasteiger partial charge in [-0.2, -0.15) is 0 Å². The lowest BCUT2D eigenvalue weighted by Crippen LogP contribution is -2.43. The van der Waals surface area contributed by atoms with Gasteiger partial charge in [-0.05, 0) is 33.9 Å². The lowest BCUT2D eigenvalue weighted by Gasteiger charge is -2.13. The molecule has 0 aliphatic carbocycles. The van der Waals surface area contributed by atoms with Crippen LogP contribution in [-0.2, 0) is 90.4 Å². The fourth-order valence-electron chi connectivity index (χ4n) is 4.05. The number of hydrogen-bond donors (Lipinski definition) is 4. The van der Waals surface area contributed by atoms with Crippen LogP contribution >= 0.6 is 0 Å². The van der Waals surface area contributed by atoms with Crippen molar-refractivity contribution in [3.8, 4) is 0 Å². The predicted molar refractivity (Wildman–Crippen MR) is 289 cm³/mol. The molecule has 24 heteroatoms. The number of nitrogens with zero attached hydrogens (tertiary/aromatic N) is 1. The van der Waals surface area contributed by atoms with Gasteiger partial charge >= 0.3 is 0 Å². The Bertz CT molecular complexity index is 1190. The molecule has 0 radical (unpaired) electrons. The van der Waals surface area contributed by atoms with E-state index < -0.39 is 17.7 Å². The summed E-state index contributed by atoms with van der Waals surface area (Å²) in [5.74, 6) is -1.67. The highest BCUT2D eigenvalue weighted by Crippen LogP contribution is 2.02. The summed E-state index contributed by atoms with van der Waals surface area (Å²) in [5, 5.41) is 7.83. The molecule has 0 spiro atoms. The van der Waals surface area contributed by atoms with Gasteiger partial charge in [-0.1, -0.05) is 55.4 Å². The number of primary amides is 1. The Labute approximate surface area is 451 Å². The molecule has 0 aromatic heterocycles. The van der Waals surface area contributed by atoms with Crippen molar-refractivity contribution in [2.75, 3.05) is 192 Å². The maximum absolute atomic E-state index is 11.3. The molecule has 0 aromatic rings. The highest BCUT2D eigenvalue weighted by atomic mass is 16.6. The van der Waals surface area contributed by atoms with Crippen LogP contribution in [0.3, 0.4) is 0 Å². The lowest BCUT2D eigenvalue weighted by molar-refractivity contribution is -0.141. The Morgan fingerprint density at radius 3 is 1.01 bits per heavy atom. The number of Topliss-reactive ketones (excluding diaryl/α,β-unsaturated/α-hetero) is 1. The number of rotatable bonds is 44. The topological polar surface area (TPSA) is 296 Å². The molecule has 5 N–H and O–H groups in total. The van der Waals surface area contributed by atoms with E-state index in [0.29, 0.717) is 171 Å². The van der Waals surface area contributed by atoms with Gasteiger partial charge in [0.15, 0.2) is 0 Å².